The minimum Gasteiger partial charge on any atom is -0.294 e. The van der Waals surface area contributed by atoms with E-state index in [2.05, 4.69) is 25.3 Å². The molecular weight excluding hydrogens is 386 g/mol. The lowest BCUT2D eigenvalue weighted by atomic mass is 10.1. The third-order valence-electron chi connectivity index (χ3n) is 4.55. The summed E-state index contributed by atoms with van der Waals surface area (Å²) in [5.74, 6) is 0.609. The molecule has 2 aromatic heterocycles. The SMILES string of the molecule is O=c1[nH]c(Nc2nc(-c3ccccc3)c3cc(Cl)ccc3n2)nc2ccccc12. The van der Waals surface area contributed by atoms with Gasteiger partial charge in [0.25, 0.3) is 5.56 Å². The molecule has 0 radical (unpaired) electrons. The minimum atomic E-state index is -0.228. The number of rotatable bonds is 3. The molecule has 6 nitrogen and oxygen atoms in total. The van der Waals surface area contributed by atoms with Gasteiger partial charge in [0.15, 0.2) is 0 Å². The Morgan fingerprint density at radius 3 is 2.41 bits per heavy atom. The van der Waals surface area contributed by atoms with E-state index in [1.54, 1.807) is 24.3 Å². The first kappa shape index (κ1) is 17.3. The molecular formula is C22H14ClN5O. The highest BCUT2D eigenvalue weighted by atomic mass is 35.5. The second kappa shape index (κ2) is 7.00. The highest BCUT2D eigenvalue weighted by Gasteiger charge is 2.12. The van der Waals surface area contributed by atoms with E-state index in [-0.39, 0.29) is 11.5 Å². The van der Waals surface area contributed by atoms with E-state index >= 15 is 0 Å². The van der Waals surface area contributed by atoms with Crippen LogP contribution in [0, 0.1) is 0 Å². The fraction of sp³-hybridized carbons (Fsp3) is 0. The summed E-state index contributed by atoms with van der Waals surface area (Å²) in [5.41, 5.74) is 2.77. The normalized spacial score (nSPS) is 11.1. The van der Waals surface area contributed by atoms with Crippen LogP contribution < -0.4 is 10.9 Å². The van der Waals surface area contributed by atoms with Gasteiger partial charge < -0.3 is 0 Å². The molecule has 0 saturated carbocycles. The number of benzene rings is 3. The molecule has 0 fully saturated rings. The highest BCUT2D eigenvalue weighted by Crippen LogP contribution is 2.29. The number of halogens is 1. The van der Waals surface area contributed by atoms with Gasteiger partial charge in [0, 0.05) is 16.0 Å². The number of fused-ring (bicyclic) bond motifs is 2. The maximum atomic E-state index is 12.3. The van der Waals surface area contributed by atoms with E-state index in [9.17, 15) is 4.79 Å². The monoisotopic (exact) mass is 399 g/mol. The molecule has 0 bridgehead atoms. The Balaban J connectivity index is 1.66. The van der Waals surface area contributed by atoms with Crippen molar-refractivity contribution in [3.63, 3.8) is 0 Å². The lowest BCUT2D eigenvalue weighted by Gasteiger charge is -2.10. The number of aromatic nitrogens is 4. The summed E-state index contributed by atoms with van der Waals surface area (Å²) in [5, 5.41) is 5.01. The second-order valence-electron chi connectivity index (χ2n) is 6.48. The van der Waals surface area contributed by atoms with Gasteiger partial charge in [0.05, 0.1) is 22.1 Å². The molecule has 0 unspecified atom stereocenters. The predicted molar refractivity (Wildman–Crippen MR) is 116 cm³/mol. The smallest absolute Gasteiger partial charge is 0.260 e. The first-order valence-corrected chi connectivity index (χ1v) is 9.34. The van der Waals surface area contributed by atoms with Crippen LogP contribution in [0.15, 0.2) is 77.6 Å². The van der Waals surface area contributed by atoms with Crippen molar-refractivity contribution in [1.82, 2.24) is 19.9 Å². The summed E-state index contributed by atoms with van der Waals surface area (Å²) in [7, 11) is 0. The van der Waals surface area contributed by atoms with Gasteiger partial charge in [-0.3, -0.25) is 15.1 Å². The Morgan fingerprint density at radius 1 is 0.793 bits per heavy atom. The van der Waals surface area contributed by atoms with Crippen molar-refractivity contribution in [2.45, 2.75) is 0 Å². The van der Waals surface area contributed by atoms with Gasteiger partial charge in [-0.15, -0.1) is 0 Å². The summed E-state index contributed by atoms with van der Waals surface area (Å²) in [6.07, 6.45) is 0. The Kier molecular flexibility index (Phi) is 4.18. The van der Waals surface area contributed by atoms with E-state index in [1.165, 1.54) is 0 Å². The van der Waals surface area contributed by atoms with Crippen LogP contribution in [0.4, 0.5) is 11.9 Å². The van der Waals surface area contributed by atoms with Crippen LogP contribution >= 0.6 is 11.6 Å². The number of hydrogen-bond acceptors (Lipinski definition) is 5. The number of anilines is 2. The maximum absolute atomic E-state index is 12.3. The van der Waals surface area contributed by atoms with Gasteiger partial charge in [-0.05, 0) is 30.3 Å². The largest absolute Gasteiger partial charge is 0.294 e. The summed E-state index contributed by atoms with van der Waals surface area (Å²) >= 11 is 6.20. The molecule has 140 valence electrons. The number of H-pyrrole nitrogens is 1. The molecule has 29 heavy (non-hydrogen) atoms. The second-order valence-corrected chi connectivity index (χ2v) is 6.92. The van der Waals surface area contributed by atoms with Gasteiger partial charge in [-0.1, -0.05) is 54.1 Å². The number of nitrogens with zero attached hydrogens (tertiary/aromatic N) is 3. The molecule has 0 saturated heterocycles. The third-order valence-corrected chi connectivity index (χ3v) is 4.78. The molecule has 2 N–H and O–H groups in total. The van der Waals surface area contributed by atoms with Crippen molar-refractivity contribution in [3.8, 4) is 11.3 Å². The molecule has 0 amide bonds. The van der Waals surface area contributed by atoms with Crippen LogP contribution in [-0.4, -0.2) is 19.9 Å². The van der Waals surface area contributed by atoms with E-state index in [1.807, 2.05) is 48.5 Å². The first-order valence-electron chi connectivity index (χ1n) is 8.96. The zero-order valence-corrected chi connectivity index (χ0v) is 15.8. The quantitative estimate of drug-likeness (QED) is 0.449. The van der Waals surface area contributed by atoms with Crippen LogP contribution in [0.5, 0.6) is 0 Å². The average molecular weight is 400 g/mol. The van der Waals surface area contributed by atoms with E-state index in [0.717, 1.165) is 22.2 Å². The van der Waals surface area contributed by atoms with Crippen molar-refractivity contribution in [1.29, 1.82) is 0 Å². The van der Waals surface area contributed by atoms with Crippen molar-refractivity contribution in [2.24, 2.45) is 0 Å². The molecule has 3 aromatic carbocycles. The summed E-state index contributed by atoms with van der Waals surface area (Å²) in [6.45, 7) is 0. The van der Waals surface area contributed by atoms with E-state index in [0.29, 0.717) is 21.9 Å². The molecule has 5 aromatic rings. The predicted octanol–water partition coefficient (Wildman–Crippen LogP) is 4.93. The molecule has 5 rings (SSSR count). The first-order chi connectivity index (χ1) is 14.2. The minimum absolute atomic E-state index is 0.228. The van der Waals surface area contributed by atoms with Gasteiger partial charge in [-0.25, -0.2) is 15.0 Å². The van der Waals surface area contributed by atoms with Crippen molar-refractivity contribution < 1.29 is 0 Å². The van der Waals surface area contributed by atoms with Crippen LogP contribution in [-0.2, 0) is 0 Å². The summed E-state index contributed by atoms with van der Waals surface area (Å²) < 4.78 is 0. The summed E-state index contributed by atoms with van der Waals surface area (Å²) in [6, 6.07) is 22.4. The number of hydrogen-bond donors (Lipinski definition) is 2. The van der Waals surface area contributed by atoms with Crippen LogP contribution in [0.3, 0.4) is 0 Å². The van der Waals surface area contributed by atoms with Crippen molar-refractivity contribution in [3.05, 3.63) is 88.2 Å². The van der Waals surface area contributed by atoms with Crippen molar-refractivity contribution >= 4 is 45.3 Å². The van der Waals surface area contributed by atoms with E-state index in [4.69, 9.17) is 11.6 Å². The Bertz CT molecular complexity index is 1420. The Labute approximate surface area is 170 Å². The fourth-order valence-corrected chi connectivity index (χ4v) is 3.40. The average Bonchev–Trinajstić information content (AvgIpc) is 2.74. The zero-order chi connectivity index (χ0) is 19.8. The molecule has 0 aliphatic rings. The fourth-order valence-electron chi connectivity index (χ4n) is 3.22. The highest BCUT2D eigenvalue weighted by molar-refractivity contribution is 6.31. The van der Waals surface area contributed by atoms with Crippen LogP contribution in [0.25, 0.3) is 33.1 Å². The van der Waals surface area contributed by atoms with Crippen LogP contribution in [0.1, 0.15) is 0 Å². The molecule has 2 heterocycles. The Hall–Kier alpha value is -3.77. The number of para-hydroxylation sites is 1. The third kappa shape index (κ3) is 3.30. The van der Waals surface area contributed by atoms with Gasteiger partial charge >= 0.3 is 0 Å². The molecule has 7 heteroatoms. The van der Waals surface area contributed by atoms with Gasteiger partial charge in [0.1, 0.15) is 0 Å². The standard InChI is InChI=1S/C22H14ClN5O/c23-14-10-11-18-16(12-14)19(13-6-2-1-3-7-13)26-21(25-18)28-22-24-17-9-5-4-8-15(17)20(29)27-22/h1-12H,(H2,24,25,26,27,28,29). The van der Waals surface area contributed by atoms with Crippen molar-refractivity contribution in [2.75, 3.05) is 5.32 Å². The lowest BCUT2D eigenvalue weighted by Crippen LogP contribution is -2.12. The zero-order valence-electron chi connectivity index (χ0n) is 15.1. The maximum Gasteiger partial charge on any atom is 0.260 e. The molecule has 0 aliphatic heterocycles. The van der Waals surface area contributed by atoms with Crippen LogP contribution in [0.2, 0.25) is 5.02 Å². The number of nitrogens with one attached hydrogen (secondary N) is 2. The molecule has 0 aliphatic carbocycles. The summed E-state index contributed by atoms with van der Waals surface area (Å²) in [4.78, 5) is 28.8. The van der Waals surface area contributed by atoms with Gasteiger partial charge in [-0.2, -0.15) is 0 Å². The molecule has 0 spiro atoms. The van der Waals surface area contributed by atoms with E-state index < -0.39 is 0 Å². The Morgan fingerprint density at radius 2 is 1.55 bits per heavy atom. The topological polar surface area (TPSA) is 83.6 Å². The molecule has 0 atom stereocenters. The van der Waals surface area contributed by atoms with Gasteiger partial charge in [0.2, 0.25) is 11.9 Å². The lowest BCUT2D eigenvalue weighted by molar-refractivity contribution is 1.13. The number of aromatic amines is 1.